The Bertz CT molecular complexity index is 523. The highest BCUT2D eigenvalue weighted by atomic mass is 16.2. The van der Waals surface area contributed by atoms with E-state index in [1.165, 1.54) is 0 Å². The predicted octanol–water partition coefficient (Wildman–Crippen LogP) is 1.69. The SMILES string of the molecule is CCN(CC)C(=O)c1cnn(C)c1-n1cccc1. The summed E-state index contributed by atoms with van der Waals surface area (Å²) in [5.41, 5.74) is 0.636. The molecule has 1 amide bonds. The van der Waals surface area contributed by atoms with Crippen LogP contribution < -0.4 is 0 Å². The smallest absolute Gasteiger partial charge is 0.259 e. The lowest BCUT2D eigenvalue weighted by Crippen LogP contribution is -2.31. The molecule has 0 aliphatic rings. The normalized spacial score (nSPS) is 10.6. The van der Waals surface area contributed by atoms with Crippen molar-refractivity contribution in [3.63, 3.8) is 0 Å². The van der Waals surface area contributed by atoms with Gasteiger partial charge in [-0.15, -0.1) is 0 Å². The van der Waals surface area contributed by atoms with Crippen molar-refractivity contribution in [2.75, 3.05) is 13.1 Å². The Balaban J connectivity index is 2.44. The van der Waals surface area contributed by atoms with Crippen molar-refractivity contribution in [1.29, 1.82) is 0 Å². The van der Waals surface area contributed by atoms with E-state index >= 15 is 0 Å². The van der Waals surface area contributed by atoms with Gasteiger partial charge in [0.2, 0.25) is 0 Å². The van der Waals surface area contributed by atoms with Gasteiger partial charge in [-0.3, -0.25) is 9.48 Å². The monoisotopic (exact) mass is 246 g/mol. The molecule has 2 aromatic heterocycles. The van der Waals surface area contributed by atoms with Crippen molar-refractivity contribution in [3.8, 4) is 5.82 Å². The molecule has 0 aliphatic carbocycles. The summed E-state index contributed by atoms with van der Waals surface area (Å²) in [7, 11) is 1.84. The first kappa shape index (κ1) is 12.4. The fraction of sp³-hybridized carbons (Fsp3) is 0.385. The van der Waals surface area contributed by atoms with Gasteiger partial charge in [0.1, 0.15) is 11.4 Å². The number of amides is 1. The molecule has 0 saturated heterocycles. The molecule has 0 saturated carbocycles. The van der Waals surface area contributed by atoms with Crippen LogP contribution in [0, 0.1) is 0 Å². The van der Waals surface area contributed by atoms with Gasteiger partial charge in [-0.2, -0.15) is 5.10 Å². The third-order valence-electron chi connectivity index (χ3n) is 3.04. The molecule has 0 bridgehead atoms. The van der Waals surface area contributed by atoms with E-state index in [0.29, 0.717) is 18.7 Å². The first-order valence-corrected chi connectivity index (χ1v) is 6.13. The first-order chi connectivity index (χ1) is 8.69. The Labute approximate surface area is 107 Å². The largest absolute Gasteiger partial charge is 0.339 e. The Morgan fingerprint density at radius 1 is 1.28 bits per heavy atom. The van der Waals surface area contributed by atoms with Gasteiger partial charge in [0.25, 0.3) is 5.91 Å². The van der Waals surface area contributed by atoms with Crippen LogP contribution in [0.1, 0.15) is 24.2 Å². The van der Waals surface area contributed by atoms with Crippen LogP contribution in [0.25, 0.3) is 5.82 Å². The second-order valence-corrected chi connectivity index (χ2v) is 4.07. The number of aryl methyl sites for hydroxylation is 1. The van der Waals surface area contributed by atoms with E-state index < -0.39 is 0 Å². The maximum absolute atomic E-state index is 12.4. The lowest BCUT2D eigenvalue weighted by atomic mass is 10.2. The average Bonchev–Trinajstić information content (AvgIpc) is 2.99. The molecular weight excluding hydrogens is 228 g/mol. The van der Waals surface area contributed by atoms with Gasteiger partial charge < -0.3 is 9.47 Å². The second-order valence-electron chi connectivity index (χ2n) is 4.07. The highest BCUT2D eigenvalue weighted by molar-refractivity contribution is 5.97. The van der Waals surface area contributed by atoms with Crippen LogP contribution in [0.15, 0.2) is 30.7 Å². The van der Waals surface area contributed by atoms with E-state index in [2.05, 4.69) is 5.10 Å². The van der Waals surface area contributed by atoms with Crippen LogP contribution in [-0.4, -0.2) is 38.2 Å². The molecule has 0 aromatic carbocycles. The van der Waals surface area contributed by atoms with Crippen molar-refractivity contribution in [1.82, 2.24) is 19.2 Å². The molecule has 5 heteroatoms. The summed E-state index contributed by atoms with van der Waals surface area (Å²) in [5, 5.41) is 4.19. The van der Waals surface area contributed by atoms with Gasteiger partial charge in [0.05, 0.1) is 6.20 Å². The molecule has 2 aromatic rings. The van der Waals surface area contributed by atoms with Crippen LogP contribution in [-0.2, 0) is 7.05 Å². The lowest BCUT2D eigenvalue weighted by Gasteiger charge is -2.18. The fourth-order valence-corrected chi connectivity index (χ4v) is 2.05. The molecule has 0 radical (unpaired) electrons. The first-order valence-electron chi connectivity index (χ1n) is 6.13. The number of carbonyl (C=O) groups excluding carboxylic acids is 1. The number of rotatable bonds is 4. The standard InChI is InChI=1S/C13H18N4O/c1-4-16(5-2)13(18)11-10-14-15(3)12(11)17-8-6-7-9-17/h6-10H,4-5H2,1-3H3. The number of carbonyl (C=O) groups is 1. The molecule has 2 rings (SSSR count). The average molecular weight is 246 g/mol. The molecule has 0 aliphatic heterocycles. The van der Waals surface area contributed by atoms with E-state index in [9.17, 15) is 4.79 Å². The third kappa shape index (κ3) is 2.03. The topological polar surface area (TPSA) is 43.1 Å². The Hall–Kier alpha value is -2.04. The molecule has 18 heavy (non-hydrogen) atoms. The van der Waals surface area contributed by atoms with Crippen molar-refractivity contribution < 1.29 is 4.79 Å². The van der Waals surface area contributed by atoms with Gasteiger partial charge in [0.15, 0.2) is 0 Å². The number of aromatic nitrogens is 3. The number of nitrogens with zero attached hydrogens (tertiary/aromatic N) is 4. The van der Waals surface area contributed by atoms with E-state index in [0.717, 1.165) is 5.82 Å². The zero-order valence-corrected chi connectivity index (χ0v) is 11.0. The van der Waals surface area contributed by atoms with Crippen LogP contribution >= 0.6 is 0 Å². The van der Waals surface area contributed by atoms with Crippen LogP contribution in [0.3, 0.4) is 0 Å². The summed E-state index contributed by atoms with van der Waals surface area (Å²) < 4.78 is 3.63. The van der Waals surface area contributed by atoms with Gasteiger partial charge >= 0.3 is 0 Å². The van der Waals surface area contributed by atoms with Crippen molar-refractivity contribution in [3.05, 3.63) is 36.3 Å². The fourth-order valence-electron chi connectivity index (χ4n) is 2.05. The number of hydrogen-bond acceptors (Lipinski definition) is 2. The zero-order valence-electron chi connectivity index (χ0n) is 11.0. The summed E-state index contributed by atoms with van der Waals surface area (Å²) in [4.78, 5) is 14.2. The molecule has 0 N–H and O–H groups in total. The highest BCUT2D eigenvalue weighted by Crippen LogP contribution is 2.16. The quantitative estimate of drug-likeness (QED) is 0.824. The van der Waals surface area contributed by atoms with Gasteiger partial charge in [-0.05, 0) is 26.0 Å². The third-order valence-corrected chi connectivity index (χ3v) is 3.04. The minimum atomic E-state index is 0.0248. The molecule has 0 unspecified atom stereocenters. The Morgan fingerprint density at radius 3 is 2.44 bits per heavy atom. The van der Waals surface area contributed by atoms with Gasteiger partial charge in [-0.25, -0.2) is 0 Å². The minimum Gasteiger partial charge on any atom is -0.339 e. The summed E-state index contributed by atoms with van der Waals surface area (Å²) >= 11 is 0. The molecule has 0 spiro atoms. The van der Waals surface area contributed by atoms with E-state index in [1.54, 1.807) is 15.8 Å². The van der Waals surface area contributed by atoms with Crippen LogP contribution in [0.5, 0.6) is 0 Å². The van der Waals surface area contributed by atoms with Gasteiger partial charge in [-0.1, -0.05) is 0 Å². The Morgan fingerprint density at radius 2 is 1.89 bits per heavy atom. The van der Waals surface area contributed by atoms with E-state index in [-0.39, 0.29) is 5.91 Å². The van der Waals surface area contributed by atoms with E-state index in [4.69, 9.17) is 0 Å². The Kier molecular flexibility index (Phi) is 3.50. The van der Waals surface area contributed by atoms with E-state index in [1.807, 2.05) is 50.0 Å². The lowest BCUT2D eigenvalue weighted by molar-refractivity contribution is 0.0773. The van der Waals surface area contributed by atoms with Crippen molar-refractivity contribution in [2.45, 2.75) is 13.8 Å². The maximum atomic E-state index is 12.4. The zero-order chi connectivity index (χ0) is 13.1. The van der Waals surface area contributed by atoms with Crippen LogP contribution in [0.2, 0.25) is 0 Å². The summed E-state index contributed by atoms with van der Waals surface area (Å²) in [6.45, 7) is 5.37. The minimum absolute atomic E-state index is 0.0248. The molecule has 0 atom stereocenters. The highest BCUT2D eigenvalue weighted by Gasteiger charge is 2.20. The van der Waals surface area contributed by atoms with Gasteiger partial charge in [0, 0.05) is 32.5 Å². The number of hydrogen-bond donors (Lipinski definition) is 0. The van der Waals surface area contributed by atoms with Crippen molar-refractivity contribution >= 4 is 5.91 Å². The molecule has 96 valence electrons. The maximum Gasteiger partial charge on any atom is 0.259 e. The summed E-state index contributed by atoms with van der Waals surface area (Å²) in [5.74, 6) is 0.828. The molecule has 0 fully saturated rings. The summed E-state index contributed by atoms with van der Waals surface area (Å²) in [6.07, 6.45) is 5.46. The molecule has 5 nitrogen and oxygen atoms in total. The predicted molar refractivity (Wildman–Crippen MR) is 69.8 cm³/mol. The second kappa shape index (κ2) is 5.08. The summed E-state index contributed by atoms with van der Waals surface area (Å²) in [6, 6.07) is 3.86. The van der Waals surface area contributed by atoms with Crippen LogP contribution in [0.4, 0.5) is 0 Å². The molecular formula is C13H18N4O. The molecule has 2 heterocycles. The van der Waals surface area contributed by atoms with Crippen molar-refractivity contribution in [2.24, 2.45) is 7.05 Å².